The van der Waals surface area contributed by atoms with Crippen LogP contribution in [0.5, 0.6) is 0 Å². The zero-order chi connectivity index (χ0) is 9.52. The van der Waals surface area contributed by atoms with Crippen molar-refractivity contribution in [2.45, 2.75) is 19.8 Å². The summed E-state index contributed by atoms with van der Waals surface area (Å²) in [5.41, 5.74) is 0. The molecule has 0 unspecified atom stereocenters. The maximum absolute atomic E-state index is 8.83. The SMILES string of the molecule is CCN(CCO)CC1CCOCC1. The molecular formula is C10H21NO2. The Morgan fingerprint density at radius 2 is 2.08 bits per heavy atom. The van der Waals surface area contributed by atoms with Gasteiger partial charge in [-0.3, -0.25) is 0 Å². The van der Waals surface area contributed by atoms with Crippen LogP contribution < -0.4 is 0 Å². The molecule has 3 nitrogen and oxygen atoms in total. The lowest BCUT2D eigenvalue weighted by atomic mass is 10.00. The molecule has 0 aliphatic carbocycles. The van der Waals surface area contributed by atoms with Gasteiger partial charge in [-0.15, -0.1) is 0 Å². The van der Waals surface area contributed by atoms with Crippen LogP contribution in [0.4, 0.5) is 0 Å². The molecule has 3 heteroatoms. The van der Waals surface area contributed by atoms with E-state index in [9.17, 15) is 0 Å². The quantitative estimate of drug-likeness (QED) is 0.688. The maximum atomic E-state index is 8.83. The molecule has 13 heavy (non-hydrogen) atoms. The first-order chi connectivity index (χ1) is 6.36. The van der Waals surface area contributed by atoms with Gasteiger partial charge in [0.05, 0.1) is 6.61 Å². The van der Waals surface area contributed by atoms with Crippen molar-refractivity contribution < 1.29 is 9.84 Å². The third-order valence-corrected chi connectivity index (χ3v) is 2.72. The molecule has 1 fully saturated rings. The molecule has 0 bridgehead atoms. The minimum atomic E-state index is 0.275. The zero-order valence-electron chi connectivity index (χ0n) is 8.54. The van der Waals surface area contributed by atoms with Crippen LogP contribution in [0.1, 0.15) is 19.8 Å². The van der Waals surface area contributed by atoms with Gasteiger partial charge in [0.15, 0.2) is 0 Å². The molecule has 0 aromatic carbocycles. The average molecular weight is 187 g/mol. The molecule has 1 aliphatic heterocycles. The summed E-state index contributed by atoms with van der Waals surface area (Å²) in [4.78, 5) is 2.32. The average Bonchev–Trinajstić information content (AvgIpc) is 2.19. The van der Waals surface area contributed by atoms with Gasteiger partial charge < -0.3 is 14.7 Å². The third kappa shape index (κ3) is 4.07. The van der Waals surface area contributed by atoms with E-state index in [1.165, 1.54) is 12.8 Å². The summed E-state index contributed by atoms with van der Waals surface area (Å²) >= 11 is 0. The van der Waals surface area contributed by atoms with Crippen LogP contribution in [0.3, 0.4) is 0 Å². The van der Waals surface area contributed by atoms with Crippen molar-refractivity contribution in [1.82, 2.24) is 4.90 Å². The Morgan fingerprint density at radius 3 is 2.62 bits per heavy atom. The van der Waals surface area contributed by atoms with Crippen molar-refractivity contribution in [3.05, 3.63) is 0 Å². The highest BCUT2D eigenvalue weighted by atomic mass is 16.5. The monoisotopic (exact) mass is 187 g/mol. The molecule has 1 N–H and O–H groups in total. The van der Waals surface area contributed by atoms with Gasteiger partial charge in [0.25, 0.3) is 0 Å². The first-order valence-electron chi connectivity index (χ1n) is 5.27. The van der Waals surface area contributed by atoms with E-state index in [0.717, 1.165) is 38.8 Å². The molecule has 0 aromatic heterocycles. The van der Waals surface area contributed by atoms with Crippen molar-refractivity contribution in [2.75, 3.05) is 39.5 Å². The van der Waals surface area contributed by atoms with E-state index in [4.69, 9.17) is 9.84 Å². The van der Waals surface area contributed by atoms with Gasteiger partial charge in [-0.1, -0.05) is 6.92 Å². The van der Waals surface area contributed by atoms with Gasteiger partial charge >= 0.3 is 0 Å². The molecule has 0 spiro atoms. The summed E-state index contributed by atoms with van der Waals surface area (Å²) in [7, 11) is 0. The van der Waals surface area contributed by atoms with Crippen LogP contribution in [0.25, 0.3) is 0 Å². The number of hydrogen-bond donors (Lipinski definition) is 1. The summed E-state index contributed by atoms with van der Waals surface area (Å²) in [6.45, 7) is 7.24. The Hall–Kier alpha value is -0.120. The molecule has 0 aromatic rings. The van der Waals surface area contributed by atoms with Crippen LogP contribution in [0.15, 0.2) is 0 Å². The second kappa shape index (κ2) is 6.35. The number of ether oxygens (including phenoxy) is 1. The molecule has 1 heterocycles. The fraction of sp³-hybridized carbons (Fsp3) is 1.00. The van der Waals surface area contributed by atoms with Crippen LogP contribution in [-0.4, -0.2) is 49.5 Å². The van der Waals surface area contributed by atoms with Gasteiger partial charge in [-0.25, -0.2) is 0 Å². The van der Waals surface area contributed by atoms with Crippen molar-refractivity contribution in [3.63, 3.8) is 0 Å². The minimum absolute atomic E-state index is 0.275. The molecule has 1 rings (SSSR count). The van der Waals surface area contributed by atoms with Crippen molar-refractivity contribution in [3.8, 4) is 0 Å². The standard InChI is InChI=1S/C10H21NO2/c1-2-11(5-6-12)9-10-3-7-13-8-4-10/h10,12H,2-9H2,1H3. The maximum Gasteiger partial charge on any atom is 0.0558 e. The fourth-order valence-electron chi connectivity index (χ4n) is 1.81. The lowest BCUT2D eigenvalue weighted by Gasteiger charge is -2.28. The Morgan fingerprint density at radius 1 is 1.38 bits per heavy atom. The molecule has 1 saturated heterocycles. The highest BCUT2D eigenvalue weighted by Crippen LogP contribution is 2.15. The Kier molecular flexibility index (Phi) is 5.35. The lowest BCUT2D eigenvalue weighted by Crippen LogP contribution is -2.34. The van der Waals surface area contributed by atoms with Crippen LogP contribution in [0.2, 0.25) is 0 Å². The summed E-state index contributed by atoms with van der Waals surface area (Å²) < 4.78 is 5.31. The van der Waals surface area contributed by atoms with Gasteiger partial charge in [0, 0.05) is 26.3 Å². The van der Waals surface area contributed by atoms with Crippen molar-refractivity contribution in [2.24, 2.45) is 5.92 Å². The van der Waals surface area contributed by atoms with Crippen LogP contribution in [0, 0.1) is 5.92 Å². The largest absolute Gasteiger partial charge is 0.395 e. The van der Waals surface area contributed by atoms with Crippen LogP contribution >= 0.6 is 0 Å². The Balaban J connectivity index is 2.18. The minimum Gasteiger partial charge on any atom is -0.395 e. The zero-order valence-corrected chi connectivity index (χ0v) is 8.54. The van der Waals surface area contributed by atoms with E-state index in [2.05, 4.69) is 11.8 Å². The van der Waals surface area contributed by atoms with Gasteiger partial charge in [-0.05, 0) is 25.3 Å². The van der Waals surface area contributed by atoms with Gasteiger partial charge in [0.1, 0.15) is 0 Å². The van der Waals surface area contributed by atoms with E-state index in [0.29, 0.717) is 0 Å². The number of rotatable bonds is 5. The molecule has 0 radical (unpaired) electrons. The highest BCUT2D eigenvalue weighted by Gasteiger charge is 2.16. The number of likely N-dealkylation sites (N-methyl/N-ethyl adjacent to an activating group) is 1. The number of aliphatic hydroxyl groups excluding tert-OH is 1. The highest BCUT2D eigenvalue weighted by molar-refractivity contribution is 4.68. The van der Waals surface area contributed by atoms with E-state index >= 15 is 0 Å². The van der Waals surface area contributed by atoms with E-state index < -0.39 is 0 Å². The predicted octanol–water partition coefficient (Wildman–Crippen LogP) is 0.727. The van der Waals surface area contributed by atoms with E-state index in [-0.39, 0.29) is 6.61 Å². The molecule has 0 saturated carbocycles. The number of aliphatic hydroxyl groups is 1. The second-order valence-electron chi connectivity index (χ2n) is 3.67. The summed E-state index contributed by atoms with van der Waals surface area (Å²) in [5, 5.41) is 8.83. The Labute approximate surface area is 80.7 Å². The third-order valence-electron chi connectivity index (χ3n) is 2.72. The number of nitrogens with zero attached hydrogens (tertiary/aromatic N) is 1. The van der Waals surface area contributed by atoms with Gasteiger partial charge in [-0.2, -0.15) is 0 Å². The first-order valence-corrected chi connectivity index (χ1v) is 5.27. The number of hydrogen-bond acceptors (Lipinski definition) is 3. The normalized spacial score (nSPS) is 19.6. The summed E-state index contributed by atoms with van der Waals surface area (Å²) in [6, 6.07) is 0. The molecule has 0 amide bonds. The molecule has 1 aliphatic rings. The molecule has 0 atom stereocenters. The predicted molar refractivity (Wildman–Crippen MR) is 52.7 cm³/mol. The van der Waals surface area contributed by atoms with E-state index in [1.54, 1.807) is 0 Å². The topological polar surface area (TPSA) is 32.7 Å². The van der Waals surface area contributed by atoms with Crippen LogP contribution in [-0.2, 0) is 4.74 Å². The van der Waals surface area contributed by atoms with Crippen molar-refractivity contribution in [1.29, 1.82) is 0 Å². The van der Waals surface area contributed by atoms with Crippen molar-refractivity contribution >= 4 is 0 Å². The van der Waals surface area contributed by atoms with E-state index in [1.807, 2.05) is 0 Å². The summed E-state index contributed by atoms with van der Waals surface area (Å²) in [5.74, 6) is 0.778. The smallest absolute Gasteiger partial charge is 0.0558 e. The summed E-state index contributed by atoms with van der Waals surface area (Å²) in [6.07, 6.45) is 2.36. The fourth-order valence-corrected chi connectivity index (χ4v) is 1.81. The first kappa shape index (κ1) is 11.0. The molecular weight excluding hydrogens is 166 g/mol. The van der Waals surface area contributed by atoms with Gasteiger partial charge in [0.2, 0.25) is 0 Å². The Bertz CT molecular complexity index is 121. The second-order valence-corrected chi connectivity index (χ2v) is 3.67. The lowest BCUT2D eigenvalue weighted by molar-refractivity contribution is 0.0508. The molecule has 78 valence electrons.